The summed E-state index contributed by atoms with van der Waals surface area (Å²) < 4.78 is 0. The van der Waals surface area contributed by atoms with Crippen molar-refractivity contribution < 1.29 is 0 Å². The van der Waals surface area contributed by atoms with E-state index in [0.29, 0.717) is 5.41 Å². The highest BCUT2D eigenvalue weighted by molar-refractivity contribution is 7.17. The summed E-state index contributed by atoms with van der Waals surface area (Å²) >= 11 is 0. The third-order valence-corrected chi connectivity index (χ3v) is 3.49. The van der Waals surface area contributed by atoms with Crippen molar-refractivity contribution in [2.24, 2.45) is 11.3 Å². The minimum atomic E-state index is 0.443. The Labute approximate surface area is 61.6 Å². The Morgan fingerprint density at radius 1 is 1.11 bits per heavy atom. The first-order valence-corrected chi connectivity index (χ1v) is 4.28. The number of hydrogen-bond donors (Lipinski definition) is 0. The summed E-state index contributed by atoms with van der Waals surface area (Å²) in [5.74, 6) is 0.773. The van der Waals surface area contributed by atoms with E-state index in [1.54, 1.807) is 0 Å². The maximum absolute atomic E-state index is 2.92. The van der Waals surface area contributed by atoms with Crippen molar-refractivity contribution >= 4 is 9.24 Å². The topological polar surface area (TPSA) is 0 Å². The number of rotatable bonds is 1. The summed E-state index contributed by atoms with van der Waals surface area (Å²) in [6.45, 7) is 11.4. The molecule has 56 valence electrons. The second kappa shape index (κ2) is 3.01. The second-order valence-corrected chi connectivity index (χ2v) is 4.85. The minimum absolute atomic E-state index is 0.443. The Balaban J connectivity index is 3.88. The summed E-state index contributed by atoms with van der Waals surface area (Å²) in [5, 5.41) is 0. The number of hydrogen-bond acceptors (Lipinski definition) is 0. The van der Waals surface area contributed by atoms with Gasteiger partial charge in [0.15, 0.2) is 0 Å². The fourth-order valence-electron chi connectivity index (χ4n) is 1.00. The Morgan fingerprint density at radius 2 is 1.44 bits per heavy atom. The van der Waals surface area contributed by atoms with Gasteiger partial charge in [-0.3, -0.25) is 0 Å². The Bertz CT molecular complexity index is 79.1. The molecule has 0 nitrogen and oxygen atoms in total. The van der Waals surface area contributed by atoms with Crippen LogP contribution in [0.5, 0.6) is 0 Å². The van der Waals surface area contributed by atoms with Gasteiger partial charge in [0, 0.05) is 0 Å². The first-order valence-electron chi connectivity index (χ1n) is 3.61. The molecule has 0 heterocycles. The average Bonchev–Trinajstić information content (AvgIpc) is 1.62. The van der Waals surface area contributed by atoms with Crippen molar-refractivity contribution in [3.05, 3.63) is 0 Å². The molecule has 0 saturated heterocycles. The molecule has 0 amide bonds. The van der Waals surface area contributed by atoms with Crippen LogP contribution < -0.4 is 0 Å². The zero-order chi connectivity index (χ0) is 7.65. The molecule has 0 radical (unpaired) electrons. The lowest BCUT2D eigenvalue weighted by Gasteiger charge is -2.30. The van der Waals surface area contributed by atoms with Crippen molar-refractivity contribution in [1.82, 2.24) is 0 Å². The van der Waals surface area contributed by atoms with Crippen LogP contribution in [0.4, 0.5) is 0 Å². The van der Waals surface area contributed by atoms with Gasteiger partial charge in [0.05, 0.1) is 0 Å². The standard InChI is InChI=1S/C8H19P/c1-6(2)7(9)8(3,4)5/h6-7H,9H2,1-5H3. The zero-order valence-corrected chi connectivity index (χ0v) is 8.39. The predicted octanol–water partition coefficient (Wildman–Crippen LogP) is 2.93. The van der Waals surface area contributed by atoms with E-state index in [9.17, 15) is 0 Å². The van der Waals surface area contributed by atoms with E-state index in [1.165, 1.54) is 0 Å². The smallest absolute Gasteiger partial charge is 0.0192 e. The van der Waals surface area contributed by atoms with Crippen LogP contribution in [-0.2, 0) is 0 Å². The summed E-state index contributed by atoms with van der Waals surface area (Å²) in [6.07, 6.45) is 0. The molecule has 2 unspecified atom stereocenters. The van der Waals surface area contributed by atoms with E-state index in [0.717, 1.165) is 11.6 Å². The summed E-state index contributed by atoms with van der Waals surface area (Å²) in [7, 11) is 2.92. The maximum Gasteiger partial charge on any atom is -0.0192 e. The average molecular weight is 146 g/mol. The fraction of sp³-hybridized carbons (Fsp3) is 1.00. The van der Waals surface area contributed by atoms with Gasteiger partial charge in [-0.2, -0.15) is 0 Å². The van der Waals surface area contributed by atoms with Crippen molar-refractivity contribution in [2.75, 3.05) is 0 Å². The van der Waals surface area contributed by atoms with Crippen molar-refractivity contribution in [3.63, 3.8) is 0 Å². The zero-order valence-electron chi connectivity index (χ0n) is 7.23. The van der Waals surface area contributed by atoms with Gasteiger partial charge < -0.3 is 0 Å². The molecule has 2 atom stereocenters. The van der Waals surface area contributed by atoms with Gasteiger partial charge in [-0.05, 0) is 17.0 Å². The van der Waals surface area contributed by atoms with E-state index in [1.807, 2.05) is 0 Å². The molecule has 9 heavy (non-hydrogen) atoms. The SMILES string of the molecule is CC(C)C(P)C(C)(C)C. The Kier molecular flexibility index (Phi) is 3.16. The van der Waals surface area contributed by atoms with Crippen LogP contribution in [0.2, 0.25) is 0 Å². The third-order valence-electron chi connectivity index (χ3n) is 1.72. The van der Waals surface area contributed by atoms with E-state index >= 15 is 0 Å². The molecule has 0 fully saturated rings. The molecule has 0 spiro atoms. The highest BCUT2D eigenvalue weighted by Gasteiger charge is 2.22. The molecule has 0 saturated carbocycles. The monoisotopic (exact) mass is 146 g/mol. The molecular formula is C8H19P. The maximum atomic E-state index is 2.92. The van der Waals surface area contributed by atoms with E-state index < -0.39 is 0 Å². The lowest BCUT2D eigenvalue weighted by Crippen LogP contribution is -2.24. The van der Waals surface area contributed by atoms with Crippen LogP contribution >= 0.6 is 9.24 Å². The molecule has 0 aromatic rings. The summed E-state index contributed by atoms with van der Waals surface area (Å²) in [6, 6.07) is 0. The predicted molar refractivity (Wildman–Crippen MR) is 47.8 cm³/mol. The van der Waals surface area contributed by atoms with Crippen LogP contribution in [0.25, 0.3) is 0 Å². The second-order valence-electron chi connectivity index (χ2n) is 4.14. The van der Waals surface area contributed by atoms with Gasteiger partial charge in [-0.15, -0.1) is 9.24 Å². The highest BCUT2D eigenvalue weighted by atomic mass is 31.0. The fourth-order valence-corrected chi connectivity index (χ4v) is 1.00. The van der Waals surface area contributed by atoms with Crippen LogP contribution in [0.3, 0.4) is 0 Å². The van der Waals surface area contributed by atoms with Gasteiger partial charge >= 0.3 is 0 Å². The lowest BCUT2D eigenvalue weighted by atomic mass is 9.85. The minimum Gasteiger partial charge on any atom is -0.134 e. The first kappa shape index (κ1) is 9.43. The Morgan fingerprint density at radius 3 is 1.44 bits per heavy atom. The van der Waals surface area contributed by atoms with Gasteiger partial charge in [0.25, 0.3) is 0 Å². The van der Waals surface area contributed by atoms with Crippen LogP contribution in [0.15, 0.2) is 0 Å². The quantitative estimate of drug-likeness (QED) is 0.499. The highest BCUT2D eigenvalue weighted by Crippen LogP contribution is 2.31. The largest absolute Gasteiger partial charge is 0.134 e. The van der Waals surface area contributed by atoms with Crippen LogP contribution in [0.1, 0.15) is 34.6 Å². The molecule has 0 aliphatic rings. The molecule has 0 aromatic heterocycles. The van der Waals surface area contributed by atoms with E-state index in [4.69, 9.17) is 0 Å². The summed E-state index contributed by atoms with van der Waals surface area (Å²) in [4.78, 5) is 0. The van der Waals surface area contributed by atoms with Crippen LogP contribution in [0, 0.1) is 11.3 Å². The first-order chi connectivity index (χ1) is 3.85. The molecule has 0 aliphatic heterocycles. The lowest BCUT2D eigenvalue weighted by molar-refractivity contribution is 0.335. The van der Waals surface area contributed by atoms with Crippen molar-refractivity contribution in [2.45, 2.75) is 40.3 Å². The molecule has 0 bridgehead atoms. The van der Waals surface area contributed by atoms with Crippen molar-refractivity contribution in [1.29, 1.82) is 0 Å². The molecule has 0 aromatic carbocycles. The van der Waals surface area contributed by atoms with E-state index in [-0.39, 0.29) is 0 Å². The van der Waals surface area contributed by atoms with Crippen molar-refractivity contribution in [3.8, 4) is 0 Å². The van der Waals surface area contributed by atoms with Gasteiger partial charge in [0.2, 0.25) is 0 Å². The van der Waals surface area contributed by atoms with Gasteiger partial charge in [-0.25, -0.2) is 0 Å². The van der Waals surface area contributed by atoms with Gasteiger partial charge in [0.1, 0.15) is 0 Å². The molecule has 0 rings (SSSR count). The summed E-state index contributed by atoms with van der Waals surface area (Å²) in [5.41, 5.74) is 1.18. The van der Waals surface area contributed by atoms with Crippen LogP contribution in [-0.4, -0.2) is 5.66 Å². The normalized spacial score (nSPS) is 16.3. The molecule has 0 aliphatic carbocycles. The molecular weight excluding hydrogens is 127 g/mol. The molecule has 0 N–H and O–H groups in total. The van der Waals surface area contributed by atoms with Gasteiger partial charge in [-0.1, -0.05) is 34.6 Å². The Hall–Kier alpha value is 0.430. The third kappa shape index (κ3) is 3.20. The molecule has 1 heteroatoms. The van der Waals surface area contributed by atoms with E-state index in [2.05, 4.69) is 43.9 Å².